The lowest BCUT2D eigenvalue weighted by Crippen LogP contribution is -2.35. The van der Waals surface area contributed by atoms with Crippen molar-refractivity contribution in [2.45, 2.75) is 64.3 Å². The predicted octanol–water partition coefficient (Wildman–Crippen LogP) is 5.15. The second-order valence-corrected chi connectivity index (χ2v) is 7.92. The molecule has 106 valence electrons. The van der Waals surface area contributed by atoms with Gasteiger partial charge in [0.25, 0.3) is 0 Å². The summed E-state index contributed by atoms with van der Waals surface area (Å²) in [6.45, 7) is 3.69. The smallest absolute Gasteiger partial charge is 0.0443 e. The van der Waals surface area contributed by atoms with Crippen LogP contribution in [0.4, 0.5) is 0 Å². The van der Waals surface area contributed by atoms with Gasteiger partial charge in [-0.05, 0) is 48.5 Å². The lowest BCUT2D eigenvalue weighted by atomic mass is 9.87. The first-order valence-corrected chi connectivity index (χ1v) is 8.92. The highest BCUT2D eigenvalue weighted by Gasteiger charge is 2.32. The van der Waals surface area contributed by atoms with Crippen molar-refractivity contribution in [3.05, 3.63) is 22.4 Å². The number of rotatable bonds is 5. The minimum absolute atomic E-state index is 0.564. The van der Waals surface area contributed by atoms with Crippen molar-refractivity contribution >= 4 is 11.3 Å². The summed E-state index contributed by atoms with van der Waals surface area (Å²) in [6, 6.07) is 5.17. The highest BCUT2D eigenvalue weighted by Crippen LogP contribution is 2.40. The maximum atomic E-state index is 3.96. The summed E-state index contributed by atoms with van der Waals surface area (Å²) in [6.07, 6.45) is 11.4. The van der Waals surface area contributed by atoms with Crippen molar-refractivity contribution in [1.82, 2.24) is 5.32 Å². The Morgan fingerprint density at radius 3 is 2.63 bits per heavy atom. The summed E-state index contributed by atoms with van der Waals surface area (Å²) in [5.74, 6) is 0.878. The number of hydrogen-bond donors (Lipinski definition) is 1. The second-order valence-electron chi connectivity index (χ2n) is 6.94. The van der Waals surface area contributed by atoms with Crippen LogP contribution in [0.5, 0.6) is 0 Å². The van der Waals surface area contributed by atoms with E-state index >= 15 is 0 Å². The topological polar surface area (TPSA) is 12.0 Å². The molecule has 3 rings (SSSR count). The van der Waals surface area contributed by atoms with Gasteiger partial charge in [-0.15, -0.1) is 11.3 Å². The molecular weight excluding hydrogens is 250 g/mol. The van der Waals surface area contributed by atoms with Crippen molar-refractivity contribution in [1.29, 1.82) is 0 Å². The molecule has 2 fully saturated rings. The van der Waals surface area contributed by atoms with Crippen molar-refractivity contribution in [2.75, 3.05) is 6.54 Å². The van der Waals surface area contributed by atoms with E-state index in [9.17, 15) is 0 Å². The maximum absolute atomic E-state index is 3.96. The predicted molar refractivity (Wildman–Crippen MR) is 83.6 cm³/mol. The summed E-state index contributed by atoms with van der Waals surface area (Å²) in [5, 5.41) is 6.19. The summed E-state index contributed by atoms with van der Waals surface area (Å²) < 4.78 is 0. The molecule has 2 heteroatoms. The van der Waals surface area contributed by atoms with E-state index in [1.54, 1.807) is 4.88 Å². The van der Waals surface area contributed by atoms with E-state index in [-0.39, 0.29) is 0 Å². The summed E-state index contributed by atoms with van der Waals surface area (Å²) in [7, 11) is 0. The minimum Gasteiger partial charge on any atom is -0.308 e. The van der Waals surface area contributed by atoms with Gasteiger partial charge in [0.15, 0.2) is 0 Å². The molecule has 1 N–H and O–H groups in total. The molecule has 0 aromatic carbocycles. The summed E-state index contributed by atoms with van der Waals surface area (Å²) in [5.41, 5.74) is 0.564. The van der Waals surface area contributed by atoms with Gasteiger partial charge in [-0.1, -0.05) is 38.7 Å². The Labute approximate surface area is 121 Å². The summed E-state index contributed by atoms with van der Waals surface area (Å²) >= 11 is 1.94. The third kappa shape index (κ3) is 3.22. The van der Waals surface area contributed by atoms with E-state index in [0.29, 0.717) is 11.5 Å². The van der Waals surface area contributed by atoms with Crippen LogP contribution >= 0.6 is 11.3 Å². The zero-order valence-electron chi connectivity index (χ0n) is 12.2. The number of thiophene rings is 1. The number of hydrogen-bond acceptors (Lipinski definition) is 2. The fourth-order valence-electron chi connectivity index (χ4n) is 4.02. The third-order valence-corrected chi connectivity index (χ3v) is 6.24. The molecule has 1 aromatic rings. The summed E-state index contributed by atoms with van der Waals surface area (Å²) in [4.78, 5) is 1.56. The van der Waals surface area contributed by atoms with Crippen LogP contribution in [-0.4, -0.2) is 6.54 Å². The molecule has 1 atom stereocenters. The van der Waals surface area contributed by atoms with E-state index in [1.165, 1.54) is 57.9 Å². The first-order chi connectivity index (χ1) is 9.27. The van der Waals surface area contributed by atoms with Crippen LogP contribution in [0.2, 0.25) is 0 Å². The molecule has 0 saturated heterocycles. The molecule has 2 aliphatic rings. The molecule has 2 aliphatic carbocycles. The highest BCUT2D eigenvalue weighted by molar-refractivity contribution is 7.10. The first-order valence-electron chi connectivity index (χ1n) is 8.04. The van der Waals surface area contributed by atoms with Crippen LogP contribution in [0.1, 0.15) is 69.2 Å². The van der Waals surface area contributed by atoms with Gasteiger partial charge in [0, 0.05) is 17.5 Å². The van der Waals surface area contributed by atoms with Gasteiger partial charge >= 0.3 is 0 Å². The van der Waals surface area contributed by atoms with E-state index in [4.69, 9.17) is 0 Å². The fraction of sp³-hybridized carbons (Fsp3) is 0.765. The van der Waals surface area contributed by atoms with Crippen LogP contribution in [0.15, 0.2) is 17.5 Å². The highest BCUT2D eigenvalue weighted by atomic mass is 32.1. The molecule has 1 aromatic heterocycles. The van der Waals surface area contributed by atoms with E-state index in [0.717, 1.165) is 5.92 Å². The fourth-order valence-corrected chi connectivity index (χ4v) is 4.91. The third-order valence-electron chi connectivity index (χ3n) is 5.28. The zero-order chi connectivity index (χ0) is 13.1. The molecule has 0 amide bonds. The maximum Gasteiger partial charge on any atom is 0.0443 e. The van der Waals surface area contributed by atoms with E-state index in [2.05, 4.69) is 29.8 Å². The molecule has 0 aliphatic heterocycles. The zero-order valence-corrected chi connectivity index (χ0v) is 13.0. The van der Waals surface area contributed by atoms with Crippen molar-refractivity contribution in [2.24, 2.45) is 11.3 Å². The lowest BCUT2D eigenvalue weighted by Gasteiger charge is -2.30. The second kappa shape index (κ2) is 5.97. The quantitative estimate of drug-likeness (QED) is 0.785. The van der Waals surface area contributed by atoms with Gasteiger partial charge < -0.3 is 5.32 Å². The Morgan fingerprint density at radius 2 is 2.00 bits per heavy atom. The van der Waals surface area contributed by atoms with Gasteiger partial charge in [0.1, 0.15) is 0 Å². The van der Waals surface area contributed by atoms with Crippen molar-refractivity contribution in [3.8, 4) is 0 Å². The van der Waals surface area contributed by atoms with Crippen molar-refractivity contribution < 1.29 is 0 Å². The molecule has 0 spiro atoms. The molecule has 1 unspecified atom stereocenters. The molecule has 19 heavy (non-hydrogen) atoms. The normalized spacial score (nSPS) is 24.9. The van der Waals surface area contributed by atoms with E-state index < -0.39 is 0 Å². The molecule has 1 heterocycles. The van der Waals surface area contributed by atoms with Crippen LogP contribution in [-0.2, 0) is 0 Å². The Bertz CT molecular complexity index is 372. The Hall–Kier alpha value is -0.340. The SMILES string of the molecule is CC1(CNC(c2cccs2)C2CCCC2)CCCC1. The number of nitrogens with one attached hydrogen (secondary N) is 1. The van der Waals surface area contributed by atoms with Crippen LogP contribution < -0.4 is 5.32 Å². The molecular formula is C17H27NS. The Morgan fingerprint density at radius 1 is 1.26 bits per heavy atom. The molecule has 1 nitrogen and oxygen atoms in total. The van der Waals surface area contributed by atoms with Crippen LogP contribution in [0.3, 0.4) is 0 Å². The molecule has 2 saturated carbocycles. The average Bonchev–Trinajstić information content (AvgIpc) is 3.11. The Kier molecular flexibility index (Phi) is 4.28. The van der Waals surface area contributed by atoms with Crippen molar-refractivity contribution in [3.63, 3.8) is 0 Å². The van der Waals surface area contributed by atoms with Gasteiger partial charge in [-0.2, -0.15) is 0 Å². The molecule has 0 bridgehead atoms. The lowest BCUT2D eigenvalue weighted by molar-refractivity contribution is 0.268. The standard InChI is InChI=1S/C17H27NS/c1-17(10-4-5-11-17)13-18-16(14-7-2-3-8-14)15-9-6-12-19-15/h6,9,12,14,16,18H,2-5,7-8,10-11,13H2,1H3. The average molecular weight is 277 g/mol. The van der Waals surface area contributed by atoms with Gasteiger partial charge in [-0.3, -0.25) is 0 Å². The Balaban J connectivity index is 1.65. The van der Waals surface area contributed by atoms with Gasteiger partial charge in [0.2, 0.25) is 0 Å². The minimum atomic E-state index is 0.564. The first kappa shape index (κ1) is 13.6. The van der Waals surface area contributed by atoms with Crippen LogP contribution in [0.25, 0.3) is 0 Å². The monoisotopic (exact) mass is 277 g/mol. The largest absolute Gasteiger partial charge is 0.308 e. The van der Waals surface area contributed by atoms with Gasteiger partial charge in [0.05, 0.1) is 0 Å². The van der Waals surface area contributed by atoms with Crippen LogP contribution in [0, 0.1) is 11.3 Å². The van der Waals surface area contributed by atoms with E-state index in [1.807, 2.05) is 11.3 Å². The van der Waals surface area contributed by atoms with Gasteiger partial charge in [-0.25, -0.2) is 0 Å². The molecule has 0 radical (unpaired) electrons.